The Morgan fingerprint density at radius 2 is 1.30 bits per heavy atom. The number of esters is 1. The third-order valence-corrected chi connectivity index (χ3v) is 1.35. The van der Waals surface area contributed by atoms with Gasteiger partial charge in [-0.25, -0.2) is 0 Å². The summed E-state index contributed by atoms with van der Waals surface area (Å²) < 4.78 is 4.64. The maximum atomic E-state index is 10.7. The van der Waals surface area contributed by atoms with Crippen molar-refractivity contribution in [2.45, 2.75) is 52.6 Å². The molecule has 6 N–H and O–H groups in total. The summed E-state index contributed by atoms with van der Waals surface area (Å²) >= 11 is 0. The first-order chi connectivity index (χ1) is 8.34. The van der Waals surface area contributed by atoms with E-state index in [0.29, 0.717) is 6.61 Å². The molecule has 0 saturated carbocycles. The molecule has 0 aromatic carbocycles. The van der Waals surface area contributed by atoms with Gasteiger partial charge in [0.25, 0.3) is 0 Å². The van der Waals surface area contributed by atoms with Crippen molar-refractivity contribution in [1.29, 1.82) is 0 Å². The molecule has 0 aromatic heterocycles. The van der Waals surface area contributed by atoms with E-state index < -0.39 is 17.0 Å². The van der Waals surface area contributed by atoms with Crippen molar-refractivity contribution in [3.63, 3.8) is 0 Å². The van der Waals surface area contributed by atoms with Crippen LogP contribution in [0.15, 0.2) is 0 Å². The number of halogens is 1. The highest BCUT2D eigenvalue weighted by Gasteiger charge is 2.22. The lowest BCUT2D eigenvalue weighted by Crippen LogP contribution is -2.42. The van der Waals surface area contributed by atoms with Crippen molar-refractivity contribution in [3.8, 4) is 0 Å². The average molecular weight is 317 g/mol. The first-order valence-corrected chi connectivity index (χ1v) is 5.93. The van der Waals surface area contributed by atoms with Crippen molar-refractivity contribution >= 4 is 24.3 Å². The Labute approximate surface area is 127 Å². The topological polar surface area (TPSA) is 136 Å². The fourth-order valence-corrected chi connectivity index (χ4v) is 0.317. The molecule has 7 nitrogen and oxygen atoms in total. The Kier molecular flexibility index (Phi) is 18.0. The Morgan fingerprint density at radius 1 is 1.05 bits per heavy atom. The minimum atomic E-state index is -1.08. The molecule has 0 amide bonds. The number of ether oxygens (including phenoxy) is 1. The zero-order chi connectivity index (χ0) is 16.3. The number of carbonyl (C=O) groups is 2. The van der Waals surface area contributed by atoms with E-state index in [-0.39, 0.29) is 25.0 Å². The van der Waals surface area contributed by atoms with Gasteiger partial charge in [0.2, 0.25) is 0 Å². The monoisotopic (exact) mass is 316 g/mol. The average Bonchev–Trinajstić information content (AvgIpc) is 2.17. The van der Waals surface area contributed by atoms with Crippen molar-refractivity contribution < 1.29 is 24.5 Å². The van der Waals surface area contributed by atoms with Gasteiger partial charge in [-0.3, -0.25) is 9.59 Å². The fourth-order valence-electron chi connectivity index (χ4n) is 0.317. The van der Waals surface area contributed by atoms with E-state index in [1.807, 2.05) is 0 Å². The number of hydrogen-bond donors (Lipinski definition) is 4. The van der Waals surface area contributed by atoms with Crippen LogP contribution in [0, 0.1) is 0 Å². The highest BCUT2D eigenvalue weighted by atomic mass is 35.5. The van der Waals surface area contributed by atoms with Crippen molar-refractivity contribution in [1.82, 2.24) is 0 Å². The SMILES string of the molecule is CC(C)(N)C(=O)O.CCO.CCOC(=O)C(C)(C)N.Cl. The van der Waals surface area contributed by atoms with Gasteiger partial charge >= 0.3 is 11.9 Å². The van der Waals surface area contributed by atoms with Crippen LogP contribution >= 0.6 is 12.4 Å². The van der Waals surface area contributed by atoms with Gasteiger partial charge in [0.15, 0.2) is 0 Å². The molecule has 0 fully saturated rings. The molecule has 8 heteroatoms. The smallest absolute Gasteiger partial charge is 0.325 e. The first-order valence-electron chi connectivity index (χ1n) is 5.93. The van der Waals surface area contributed by atoms with E-state index in [9.17, 15) is 9.59 Å². The van der Waals surface area contributed by atoms with Gasteiger partial charge in [-0.2, -0.15) is 0 Å². The summed E-state index contributed by atoms with van der Waals surface area (Å²) in [7, 11) is 0. The number of carboxylic acid groups (broad SMARTS) is 1. The normalized spacial score (nSPS) is 9.85. The van der Waals surface area contributed by atoms with Crippen LogP contribution in [0.4, 0.5) is 0 Å². The molecule has 0 spiro atoms. The molecule has 0 aromatic rings. The van der Waals surface area contributed by atoms with E-state index in [4.69, 9.17) is 21.7 Å². The zero-order valence-electron chi connectivity index (χ0n) is 13.1. The quantitative estimate of drug-likeness (QED) is 0.557. The second kappa shape index (κ2) is 13.1. The van der Waals surface area contributed by atoms with Gasteiger partial charge in [0.1, 0.15) is 11.1 Å². The maximum Gasteiger partial charge on any atom is 0.325 e. The molecule has 0 atom stereocenters. The molecule has 0 aliphatic rings. The summed E-state index contributed by atoms with van der Waals surface area (Å²) in [4.78, 5) is 20.6. The van der Waals surface area contributed by atoms with Crippen molar-refractivity contribution in [3.05, 3.63) is 0 Å². The maximum absolute atomic E-state index is 10.7. The predicted molar refractivity (Wildman–Crippen MR) is 80.8 cm³/mol. The molecular weight excluding hydrogens is 288 g/mol. The Bertz CT molecular complexity index is 260. The summed E-state index contributed by atoms with van der Waals surface area (Å²) in [6, 6.07) is 0. The molecule has 0 bridgehead atoms. The molecule has 0 radical (unpaired) electrons. The summed E-state index contributed by atoms with van der Waals surface area (Å²) in [5.74, 6) is -1.34. The summed E-state index contributed by atoms with van der Waals surface area (Å²) in [5, 5.41) is 15.7. The Balaban J connectivity index is -0.000000105. The van der Waals surface area contributed by atoms with Gasteiger partial charge in [-0.15, -0.1) is 12.4 Å². The molecule has 0 aliphatic heterocycles. The number of carboxylic acids is 1. The molecule has 124 valence electrons. The molecule has 0 unspecified atom stereocenters. The fraction of sp³-hybridized carbons (Fsp3) is 0.833. The standard InChI is InChI=1S/C6H13NO2.C4H9NO2.C2H6O.ClH/c1-4-9-5(8)6(2,3)7;1-4(2,5)3(6)7;1-2-3;/h4,7H2,1-3H3;5H2,1-2H3,(H,6,7);3H,2H2,1H3;1H. The van der Waals surface area contributed by atoms with Gasteiger partial charge in [-0.05, 0) is 41.5 Å². The van der Waals surface area contributed by atoms with Gasteiger partial charge in [-0.1, -0.05) is 0 Å². The van der Waals surface area contributed by atoms with Crippen LogP contribution in [0.5, 0.6) is 0 Å². The van der Waals surface area contributed by atoms with Gasteiger partial charge in [0.05, 0.1) is 6.61 Å². The van der Waals surface area contributed by atoms with Crippen LogP contribution < -0.4 is 11.5 Å². The van der Waals surface area contributed by atoms with Crippen LogP contribution in [0.2, 0.25) is 0 Å². The summed E-state index contributed by atoms with van der Waals surface area (Å²) in [5.41, 5.74) is 8.53. The number of aliphatic hydroxyl groups excluding tert-OH is 1. The van der Waals surface area contributed by atoms with Crippen LogP contribution in [0.1, 0.15) is 41.5 Å². The van der Waals surface area contributed by atoms with Crippen molar-refractivity contribution in [2.24, 2.45) is 11.5 Å². The summed E-state index contributed by atoms with van der Waals surface area (Å²) in [6.45, 7) is 10.2. The predicted octanol–water partition coefficient (Wildman–Crippen LogP) is 0.516. The molecule has 0 rings (SSSR count). The van der Waals surface area contributed by atoms with E-state index >= 15 is 0 Å². The van der Waals surface area contributed by atoms with E-state index in [0.717, 1.165) is 0 Å². The second-order valence-corrected chi connectivity index (χ2v) is 4.79. The van der Waals surface area contributed by atoms with E-state index in [1.165, 1.54) is 13.8 Å². The largest absolute Gasteiger partial charge is 0.480 e. The van der Waals surface area contributed by atoms with Crippen molar-refractivity contribution in [2.75, 3.05) is 13.2 Å². The van der Waals surface area contributed by atoms with Gasteiger partial charge in [0, 0.05) is 6.61 Å². The molecule has 0 aliphatic carbocycles. The molecular formula is C12H29ClN2O5. The van der Waals surface area contributed by atoms with E-state index in [2.05, 4.69) is 4.74 Å². The highest BCUT2D eigenvalue weighted by Crippen LogP contribution is 1.98. The van der Waals surface area contributed by atoms with Gasteiger partial charge < -0.3 is 26.4 Å². The van der Waals surface area contributed by atoms with Crippen LogP contribution in [-0.4, -0.2) is 46.4 Å². The lowest BCUT2D eigenvalue weighted by atomic mass is 10.1. The van der Waals surface area contributed by atoms with Crippen LogP contribution in [0.25, 0.3) is 0 Å². The Morgan fingerprint density at radius 3 is 1.35 bits per heavy atom. The minimum Gasteiger partial charge on any atom is -0.480 e. The lowest BCUT2D eigenvalue weighted by Gasteiger charge is -2.15. The number of nitrogens with two attached hydrogens (primary N) is 2. The number of hydrogen-bond acceptors (Lipinski definition) is 6. The third kappa shape index (κ3) is 22.3. The number of carbonyl (C=O) groups excluding carboxylic acids is 1. The number of aliphatic carboxylic acids is 1. The zero-order valence-corrected chi connectivity index (χ0v) is 13.9. The minimum absolute atomic E-state index is 0. The first kappa shape index (κ1) is 27.5. The van der Waals surface area contributed by atoms with E-state index in [1.54, 1.807) is 27.7 Å². The lowest BCUT2D eigenvalue weighted by molar-refractivity contribution is -0.148. The third-order valence-electron chi connectivity index (χ3n) is 1.35. The molecule has 0 saturated heterocycles. The van der Waals surface area contributed by atoms with Crippen LogP contribution in [0.3, 0.4) is 0 Å². The second-order valence-electron chi connectivity index (χ2n) is 4.79. The highest BCUT2D eigenvalue weighted by molar-refractivity contribution is 5.85. The Hall–Kier alpha value is -0.890. The molecule has 0 heterocycles. The molecule has 20 heavy (non-hydrogen) atoms. The number of rotatable bonds is 3. The number of aliphatic hydroxyl groups is 1. The summed E-state index contributed by atoms with van der Waals surface area (Å²) in [6.07, 6.45) is 0. The van der Waals surface area contributed by atoms with Crippen LogP contribution in [-0.2, 0) is 14.3 Å².